The Morgan fingerprint density at radius 2 is 1.56 bits per heavy atom. The summed E-state index contributed by atoms with van der Waals surface area (Å²) in [5, 5.41) is 8.65. The molecule has 0 aromatic rings. The second-order valence-corrected chi connectivity index (χ2v) is 5.82. The normalized spacial score (nSPS) is 14.9. The molecule has 0 aromatic heterocycles. The molecule has 1 saturated carbocycles. The largest absolute Gasteiger partial charge is 0.299 e. The van der Waals surface area contributed by atoms with Gasteiger partial charge in [0.2, 0.25) is 0 Å². The Morgan fingerprint density at radius 3 is 2.11 bits per heavy atom. The number of rotatable bonds is 12. The Bertz CT molecular complexity index is 233. The van der Waals surface area contributed by atoms with Crippen LogP contribution in [0.15, 0.2) is 0 Å². The molecule has 1 rings (SSSR count). The van der Waals surface area contributed by atoms with E-state index in [-0.39, 0.29) is 0 Å². The molecule has 3 heteroatoms. The molecule has 0 saturated heterocycles. The predicted molar refractivity (Wildman–Crippen MR) is 81.0 cm³/mol. The van der Waals surface area contributed by atoms with Gasteiger partial charge in [0.1, 0.15) is 0 Å². The van der Waals surface area contributed by atoms with Gasteiger partial charge in [-0.3, -0.25) is 4.90 Å². The standard InChI is InChI=1S/C15H28N2S/c16-11-8-13-17(15-9-10-15)12-6-4-2-1-3-5-7-14-18/h15,18H,1-10,12-14H2. The highest BCUT2D eigenvalue weighted by Gasteiger charge is 2.27. The van der Waals surface area contributed by atoms with Crippen molar-refractivity contribution >= 4 is 12.6 Å². The molecule has 0 unspecified atom stereocenters. The molecule has 104 valence electrons. The molecule has 2 nitrogen and oxygen atoms in total. The minimum atomic E-state index is 0.695. The number of thiol groups is 1. The van der Waals surface area contributed by atoms with Crippen molar-refractivity contribution in [3.8, 4) is 6.07 Å². The summed E-state index contributed by atoms with van der Waals surface area (Å²) in [4.78, 5) is 2.53. The molecular weight excluding hydrogens is 240 g/mol. The van der Waals surface area contributed by atoms with Crippen LogP contribution in [0.4, 0.5) is 0 Å². The molecule has 1 aliphatic carbocycles. The van der Waals surface area contributed by atoms with Crippen LogP contribution in [0.1, 0.15) is 64.2 Å². The first kappa shape index (κ1) is 15.9. The van der Waals surface area contributed by atoms with Crippen LogP contribution >= 0.6 is 12.6 Å². The number of nitriles is 1. The van der Waals surface area contributed by atoms with Crippen LogP contribution in [-0.4, -0.2) is 29.8 Å². The maximum absolute atomic E-state index is 8.65. The van der Waals surface area contributed by atoms with Crippen molar-refractivity contribution in [3.63, 3.8) is 0 Å². The molecule has 0 aliphatic heterocycles. The van der Waals surface area contributed by atoms with Crippen molar-refractivity contribution < 1.29 is 0 Å². The number of unbranched alkanes of at least 4 members (excludes halogenated alkanes) is 6. The Kier molecular flexibility index (Phi) is 9.42. The van der Waals surface area contributed by atoms with Gasteiger partial charge in [-0.1, -0.05) is 32.1 Å². The Labute approximate surface area is 118 Å². The van der Waals surface area contributed by atoms with Gasteiger partial charge in [-0.25, -0.2) is 0 Å². The van der Waals surface area contributed by atoms with Gasteiger partial charge in [0, 0.05) is 19.0 Å². The van der Waals surface area contributed by atoms with Crippen LogP contribution in [0.5, 0.6) is 0 Å². The fourth-order valence-corrected chi connectivity index (χ4v) is 2.64. The van der Waals surface area contributed by atoms with Gasteiger partial charge in [0.15, 0.2) is 0 Å². The second-order valence-electron chi connectivity index (χ2n) is 5.37. The topological polar surface area (TPSA) is 27.0 Å². The minimum absolute atomic E-state index is 0.695. The third-order valence-corrected chi connectivity index (χ3v) is 3.99. The Balaban J connectivity index is 1.90. The van der Waals surface area contributed by atoms with Gasteiger partial charge in [-0.15, -0.1) is 0 Å². The summed E-state index contributed by atoms with van der Waals surface area (Å²) in [5.41, 5.74) is 0. The molecule has 1 fully saturated rings. The first-order valence-electron chi connectivity index (χ1n) is 7.60. The molecular formula is C15H28N2S. The van der Waals surface area contributed by atoms with Gasteiger partial charge >= 0.3 is 0 Å². The maximum atomic E-state index is 8.65. The first-order valence-corrected chi connectivity index (χ1v) is 8.23. The highest BCUT2D eigenvalue weighted by Crippen LogP contribution is 2.27. The van der Waals surface area contributed by atoms with Gasteiger partial charge in [-0.2, -0.15) is 17.9 Å². The monoisotopic (exact) mass is 268 g/mol. The Hall–Kier alpha value is -0.200. The van der Waals surface area contributed by atoms with E-state index in [4.69, 9.17) is 5.26 Å². The van der Waals surface area contributed by atoms with Crippen molar-refractivity contribution in [2.24, 2.45) is 0 Å². The summed E-state index contributed by atoms with van der Waals surface area (Å²) >= 11 is 4.23. The second kappa shape index (κ2) is 10.7. The smallest absolute Gasteiger partial charge is 0.0635 e. The van der Waals surface area contributed by atoms with Crippen LogP contribution in [0.25, 0.3) is 0 Å². The molecule has 0 amide bonds. The summed E-state index contributed by atoms with van der Waals surface area (Å²) in [6.45, 7) is 2.20. The number of hydrogen-bond donors (Lipinski definition) is 1. The van der Waals surface area contributed by atoms with Gasteiger partial charge in [0.25, 0.3) is 0 Å². The van der Waals surface area contributed by atoms with Crippen molar-refractivity contribution in [1.82, 2.24) is 4.90 Å². The van der Waals surface area contributed by atoms with Crippen molar-refractivity contribution in [3.05, 3.63) is 0 Å². The van der Waals surface area contributed by atoms with E-state index >= 15 is 0 Å². The quantitative estimate of drug-likeness (QED) is 0.427. The molecule has 0 heterocycles. The molecule has 0 bridgehead atoms. The van der Waals surface area contributed by atoms with Crippen LogP contribution in [0.3, 0.4) is 0 Å². The lowest BCUT2D eigenvalue weighted by Crippen LogP contribution is -2.28. The van der Waals surface area contributed by atoms with Crippen LogP contribution in [0, 0.1) is 11.3 Å². The van der Waals surface area contributed by atoms with E-state index in [0.717, 1.165) is 18.3 Å². The number of hydrogen-bond acceptors (Lipinski definition) is 3. The predicted octanol–water partition coefficient (Wildman–Crippen LogP) is 4.02. The van der Waals surface area contributed by atoms with Gasteiger partial charge in [0.05, 0.1) is 6.07 Å². The van der Waals surface area contributed by atoms with Crippen LogP contribution in [-0.2, 0) is 0 Å². The van der Waals surface area contributed by atoms with Crippen molar-refractivity contribution in [2.45, 2.75) is 70.3 Å². The van der Waals surface area contributed by atoms with E-state index in [1.54, 1.807) is 0 Å². The lowest BCUT2D eigenvalue weighted by Gasteiger charge is -2.20. The number of nitrogens with zero attached hydrogens (tertiary/aromatic N) is 2. The van der Waals surface area contributed by atoms with E-state index in [1.165, 1.54) is 64.3 Å². The zero-order valence-corrected chi connectivity index (χ0v) is 12.5. The zero-order chi connectivity index (χ0) is 13.1. The minimum Gasteiger partial charge on any atom is -0.299 e. The lowest BCUT2D eigenvalue weighted by molar-refractivity contribution is 0.262. The maximum Gasteiger partial charge on any atom is 0.0635 e. The molecule has 1 aliphatic rings. The van der Waals surface area contributed by atoms with Crippen molar-refractivity contribution in [1.29, 1.82) is 5.26 Å². The molecule has 0 radical (unpaired) electrons. The molecule has 0 atom stereocenters. The molecule has 0 aromatic carbocycles. The molecule has 18 heavy (non-hydrogen) atoms. The van der Waals surface area contributed by atoms with Gasteiger partial charge < -0.3 is 0 Å². The van der Waals surface area contributed by atoms with Crippen LogP contribution in [0.2, 0.25) is 0 Å². The van der Waals surface area contributed by atoms with Crippen LogP contribution < -0.4 is 0 Å². The SMILES string of the molecule is N#CCCN(CCCCCCCCCS)C1CC1. The van der Waals surface area contributed by atoms with E-state index in [9.17, 15) is 0 Å². The van der Waals surface area contributed by atoms with E-state index in [0.29, 0.717) is 6.42 Å². The highest BCUT2D eigenvalue weighted by atomic mass is 32.1. The lowest BCUT2D eigenvalue weighted by atomic mass is 10.1. The fraction of sp³-hybridized carbons (Fsp3) is 0.933. The molecule has 0 spiro atoms. The first-order chi connectivity index (χ1) is 8.88. The van der Waals surface area contributed by atoms with E-state index < -0.39 is 0 Å². The van der Waals surface area contributed by atoms with E-state index in [1.807, 2.05) is 0 Å². The summed E-state index contributed by atoms with van der Waals surface area (Å²) in [5.74, 6) is 1.04. The summed E-state index contributed by atoms with van der Waals surface area (Å²) in [6.07, 6.45) is 12.8. The molecule has 0 N–H and O–H groups in total. The summed E-state index contributed by atoms with van der Waals surface area (Å²) in [7, 11) is 0. The summed E-state index contributed by atoms with van der Waals surface area (Å²) in [6, 6.07) is 3.08. The fourth-order valence-electron chi connectivity index (χ4n) is 2.42. The Morgan fingerprint density at radius 1 is 0.944 bits per heavy atom. The summed E-state index contributed by atoms with van der Waals surface area (Å²) < 4.78 is 0. The third kappa shape index (κ3) is 8.00. The average molecular weight is 268 g/mol. The highest BCUT2D eigenvalue weighted by molar-refractivity contribution is 7.80. The van der Waals surface area contributed by atoms with Gasteiger partial charge in [-0.05, 0) is 38.0 Å². The van der Waals surface area contributed by atoms with Crippen molar-refractivity contribution in [2.75, 3.05) is 18.8 Å². The average Bonchev–Trinajstić information content (AvgIpc) is 3.20. The van der Waals surface area contributed by atoms with E-state index in [2.05, 4.69) is 23.6 Å². The zero-order valence-electron chi connectivity index (χ0n) is 11.6. The third-order valence-electron chi connectivity index (χ3n) is 3.68.